The molecule has 1 unspecified atom stereocenters. The third-order valence-electron chi connectivity index (χ3n) is 2.99. The second kappa shape index (κ2) is 6.22. The van der Waals surface area contributed by atoms with Crippen LogP contribution in [-0.4, -0.2) is 19.8 Å². The molecule has 0 aliphatic heterocycles. The SMILES string of the molecule is COC(C)CNc1ccccc1-c1ccccc1. The highest BCUT2D eigenvalue weighted by molar-refractivity contribution is 5.77. The zero-order valence-electron chi connectivity index (χ0n) is 10.9. The first kappa shape index (κ1) is 12.7. The number of benzene rings is 2. The molecule has 0 radical (unpaired) electrons. The van der Waals surface area contributed by atoms with Crippen LogP contribution in [0.2, 0.25) is 0 Å². The molecule has 2 nitrogen and oxygen atoms in total. The lowest BCUT2D eigenvalue weighted by Crippen LogP contribution is -2.18. The number of ether oxygens (including phenoxy) is 1. The molecule has 0 aromatic heterocycles. The van der Waals surface area contributed by atoms with Gasteiger partial charge in [0.05, 0.1) is 6.10 Å². The summed E-state index contributed by atoms with van der Waals surface area (Å²) in [5.74, 6) is 0. The number of hydrogen-bond donors (Lipinski definition) is 1. The molecule has 0 amide bonds. The lowest BCUT2D eigenvalue weighted by molar-refractivity contribution is 0.129. The van der Waals surface area contributed by atoms with Gasteiger partial charge in [0.1, 0.15) is 0 Å². The largest absolute Gasteiger partial charge is 0.382 e. The molecule has 1 N–H and O–H groups in total. The van der Waals surface area contributed by atoms with Crippen LogP contribution in [0.4, 0.5) is 5.69 Å². The molecule has 0 saturated heterocycles. The normalized spacial score (nSPS) is 12.1. The van der Waals surface area contributed by atoms with Crippen molar-refractivity contribution in [3.8, 4) is 11.1 Å². The van der Waals surface area contributed by atoms with E-state index < -0.39 is 0 Å². The van der Waals surface area contributed by atoms with E-state index in [1.807, 2.05) is 12.1 Å². The van der Waals surface area contributed by atoms with Crippen LogP contribution in [0.1, 0.15) is 6.92 Å². The fourth-order valence-corrected chi connectivity index (χ4v) is 1.84. The summed E-state index contributed by atoms with van der Waals surface area (Å²) >= 11 is 0. The van der Waals surface area contributed by atoms with Gasteiger partial charge in [-0.05, 0) is 18.6 Å². The maximum atomic E-state index is 5.25. The molecule has 2 rings (SSSR count). The fourth-order valence-electron chi connectivity index (χ4n) is 1.84. The van der Waals surface area contributed by atoms with E-state index >= 15 is 0 Å². The second-order valence-corrected chi connectivity index (χ2v) is 4.34. The molecule has 0 saturated carbocycles. The number of para-hydroxylation sites is 1. The summed E-state index contributed by atoms with van der Waals surface area (Å²) in [7, 11) is 1.73. The third-order valence-corrected chi connectivity index (χ3v) is 2.99. The first-order chi connectivity index (χ1) is 8.81. The summed E-state index contributed by atoms with van der Waals surface area (Å²) in [5, 5.41) is 3.44. The van der Waals surface area contributed by atoms with Gasteiger partial charge in [-0.1, -0.05) is 48.5 Å². The van der Waals surface area contributed by atoms with Crippen LogP contribution in [0.15, 0.2) is 54.6 Å². The summed E-state index contributed by atoms with van der Waals surface area (Å²) in [4.78, 5) is 0. The predicted molar refractivity (Wildman–Crippen MR) is 76.8 cm³/mol. The van der Waals surface area contributed by atoms with E-state index in [-0.39, 0.29) is 6.10 Å². The fraction of sp³-hybridized carbons (Fsp3) is 0.250. The van der Waals surface area contributed by atoms with Crippen molar-refractivity contribution in [2.24, 2.45) is 0 Å². The Morgan fingerprint density at radius 3 is 2.39 bits per heavy atom. The van der Waals surface area contributed by atoms with Crippen molar-refractivity contribution in [3.63, 3.8) is 0 Å². The minimum Gasteiger partial charge on any atom is -0.382 e. The van der Waals surface area contributed by atoms with Gasteiger partial charge in [0.15, 0.2) is 0 Å². The minimum absolute atomic E-state index is 0.203. The van der Waals surface area contributed by atoms with Gasteiger partial charge in [0, 0.05) is 24.9 Å². The molecule has 0 heterocycles. The van der Waals surface area contributed by atoms with E-state index in [1.165, 1.54) is 11.1 Å². The Bertz CT molecular complexity index is 481. The maximum Gasteiger partial charge on any atom is 0.0715 e. The van der Waals surface area contributed by atoms with Gasteiger partial charge in [-0.3, -0.25) is 0 Å². The summed E-state index contributed by atoms with van der Waals surface area (Å²) in [6.07, 6.45) is 0.203. The number of hydrogen-bond acceptors (Lipinski definition) is 2. The van der Waals surface area contributed by atoms with Gasteiger partial charge in [0.25, 0.3) is 0 Å². The monoisotopic (exact) mass is 241 g/mol. The molecule has 18 heavy (non-hydrogen) atoms. The van der Waals surface area contributed by atoms with Gasteiger partial charge in [-0.2, -0.15) is 0 Å². The van der Waals surface area contributed by atoms with Crippen molar-refractivity contribution in [2.75, 3.05) is 19.0 Å². The Kier molecular flexibility index (Phi) is 4.37. The average molecular weight is 241 g/mol. The van der Waals surface area contributed by atoms with Crippen LogP contribution < -0.4 is 5.32 Å². The quantitative estimate of drug-likeness (QED) is 0.859. The average Bonchev–Trinajstić information content (AvgIpc) is 2.46. The molecule has 0 spiro atoms. The summed E-state index contributed by atoms with van der Waals surface area (Å²) in [6, 6.07) is 18.8. The predicted octanol–water partition coefficient (Wildman–Crippen LogP) is 3.80. The standard InChI is InChI=1S/C16H19NO/c1-13(18-2)12-17-16-11-7-6-10-15(16)14-8-4-3-5-9-14/h3-11,13,17H,12H2,1-2H3. The molecule has 0 bridgehead atoms. The molecular weight excluding hydrogens is 222 g/mol. The lowest BCUT2D eigenvalue weighted by Gasteiger charge is -2.15. The molecule has 2 aromatic rings. The van der Waals surface area contributed by atoms with Crippen molar-refractivity contribution in [3.05, 3.63) is 54.6 Å². The van der Waals surface area contributed by atoms with Crippen molar-refractivity contribution >= 4 is 5.69 Å². The van der Waals surface area contributed by atoms with E-state index in [9.17, 15) is 0 Å². The Hall–Kier alpha value is -1.80. The van der Waals surface area contributed by atoms with E-state index in [4.69, 9.17) is 4.74 Å². The summed E-state index contributed by atoms with van der Waals surface area (Å²) in [6.45, 7) is 2.86. The lowest BCUT2D eigenvalue weighted by atomic mass is 10.0. The highest BCUT2D eigenvalue weighted by Crippen LogP contribution is 2.27. The molecule has 0 aliphatic carbocycles. The van der Waals surface area contributed by atoms with Crippen LogP contribution in [0.3, 0.4) is 0 Å². The van der Waals surface area contributed by atoms with Crippen molar-refractivity contribution < 1.29 is 4.74 Å². The third kappa shape index (κ3) is 3.11. The Morgan fingerprint density at radius 2 is 1.67 bits per heavy atom. The van der Waals surface area contributed by atoms with Gasteiger partial charge in [-0.25, -0.2) is 0 Å². The second-order valence-electron chi connectivity index (χ2n) is 4.34. The summed E-state index contributed by atoms with van der Waals surface area (Å²) < 4.78 is 5.25. The van der Waals surface area contributed by atoms with Crippen LogP contribution in [-0.2, 0) is 4.74 Å². The number of nitrogens with one attached hydrogen (secondary N) is 1. The highest BCUT2D eigenvalue weighted by Gasteiger charge is 2.05. The van der Waals surface area contributed by atoms with Gasteiger partial charge < -0.3 is 10.1 Å². The van der Waals surface area contributed by atoms with Crippen LogP contribution >= 0.6 is 0 Å². The molecule has 1 atom stereocenters. The summed E-state index contributed by atoms with van der Waals surface area (Å²) in [5.41, 5.74) is 3.60. The molecule has 2 aromatic carbocycles. The molecule has 94 valence electrons. The van der Waals surface area contributed by atoms with Gasteiger partial charge in [-0.15, -0.1) is 0 Å². The van der Waals surface area contributed by atoms with Crippen LogP contribution in [0, 0.1) is 0 Å². The van der Waals surface area contributed by atoms with Crippen LogP contribution in [0.5, 0.6) is 0 Å². The van der Waals surface area contributed by atoms with E-state index in [0.29, 0.717) is 0 Å². The first-order valence-corrected chi connectivity index (χ1v) is 6.22. The van der Waals surface area contributed by atoms with E-state index in [1.54, 1.807) is 7.11 Å². The zero-order valence-corrected chi connectivity index (χ0v) is 10.9. The topological polar surface area (TPSA) is 21.3 Å². The highest BCUT2D eigenvalue weighted by atomic mass is 16.5. The molecule has 2 heteroatoms. The van der Waals surface area contributed by atoms with Gasteiger partial charge in [0.2, 0.25) is 0 Å². The number of methoxy groups -OCH3 is 1. The Morgan fingerprint density at radius 1 is 1.00 bits per heavy atom. The van der Waals surface area contributed by atoms with Crippen LogP contribution in [0.25, 0.3) is 11.1 Å². The smallest absolute Gasteiger partial charge is 0.0715 e. The molecule has 0 aliphatic rings. The zero-order chi connectivity index (χ0) is 12.8. The Balaban J connectivity index is 2.21. The molecule has 0 fully saturated rings. The number of rotatable bonds is 5. The van der Waals surface area contributed by atoms with Crippen molar-refractivity contribution in [1.29, 1.82) is 0 Å². The van der Waals surface area contributed by atoms with Crippen molar-refractivity contribution in [2.45, 2.75) is 13.0 Å². The van der Waals surface area contributed by atoms with Gasteiger partial charge >= 0.3 is 0 Å². The Labute approximate surface area is 109 Å². The molecular formula is C16H19NO. The minimum atomic E-state index is 0.203. The number of anilines is 1. The van der Waals surface area contributed by atoms with Crippen molar-refractivity contribution in [1.82, 2.24) is 0 Å². The van der Waals surface area contributed by atoms with E-state index in [2.05, 4.69) is 54.7 Å². The maximum absolute atomic E-state index is 5.25. The van der Waals surface area contributed by atoms with E-state index in [0.717, 1.165) is 12.2 Å². The first-order valence-electron chi connectivity index (χ1n) is 6.22.